The molecule has 1 saturated heterocycles. The number of fused-ring (bicyclic) bond motifs is 1. The summed E-state index contributed by atoms with van der Waals surface area (Å²) in [5.41, 5.74) is 1.94. The first kappa shape index (κ1) is 24.0. The van der Waals surface area contributed by atoms with Crippen LogP contribution in [-0.2, 0) is 22.9 Å². The molecule has 176 valence electrons. The average molecular weight is 467 g/mol. The molecule has 1 unspecified atom stereocenters. The van der Waals surface area contributed by atoms with Crippen molar-refractivity contribution in [2.24, 2.45) is 0 Å². The van der Waals surface area contributed by atoms with E-state index in [4.69, 9.17) is 10.1 Å². The normalized spacial score (nSPS) is 19.2. The number of aryl methyl sites for hydroxylation is 1. The zero-order valence-electron chi connectivity index (χ0n) is 17.5. The number of hydrogen-bond acceptors (Lipinski definition) is 8. The van der Waals surface area contributed by atoms with E-state index >= 15 is 0 Å². The fourth-order valence-corrected chi connectivity index (χ4v) is 4.50. The summed E-state index contributed by atoms with van der Waals surface area (Å²) in [6.07, 6.45) is -3.96. The maximum Gasteiger partial charge on any atom is 0.415 e. The molecular weight excluding hydrogens is 437 g/mol. The lowest BCUT2D eigenvalue weighted by molar-refractivity contribution is -0.200. The molecule has 2 aliphatic rings. The Hall–Kier alpha value is -1.70. The molecule has 31 heavy (non-hydrogen) atoms. The minimum atomic E-state index is -4.87. The van der Waals surface area contributed by atoms with E-state index in [0.717, 1.165) is 63.1 Å². The summed E-state index contributed by atoms with van der Waals surface area (Å²) in [6.45, 7) is 2.27. The average Bonchev–Trinajstić information content (AvgIpc) is 2.71. The van der Waals surface area contributed by atoms with Crippen LogP contribution in [0.5, 0.6) is 0 Å². The number of likely N-dealkylation sites (N-methyl/N-ethyl adjacent to an activating group) is 1. The van der Waals surface area contributed by atoms with Gasteiger partial charge in [-0.15, -0.1) is 0 Å². The van der Waals surface area contributed by atoms with E-state index < -0.39 is 34.6 Å². The number of alkyl halides is 3. The number of nitrogens with zero attached hydrogens (tertiary/aromatic N) is 4. The Labute approximate surface area is 180 Å². The summed E-state index contributed by atoms with van der Waals surface area (Å²) >= 11 is 0. The van der Waals surface area contributed by atoms with Gasteiger partial charge in [0, 0.05) is 44.8 Å². The summed E-state index contributed by atoms with van der Waals surface area (Å²) in [6, 6.07) is 0. The molecule has 0 radical (unpaired) electrons. The molecule has 0 bridgehead atoms. The minimum Gasteiger partial charge on any atom is -0.382 e. The third-order valence-corrected chi connectivity index (χ3v) is 6.84. The Morgan fingerprint density at radius 2 is 1.81 bits per heavy atom. The molecule has 0 amide bonds. The van der Waals surface area contributed by atoms with Gasteiger partial charge in [0.05, 0.1) is 11.4 Å². The van der Waals surface area contributed by atoms with E-state index in [9.17, 15) is 21.6 Å². The summed E-state index contributed by atoms with van der Waals surface area (Å²) < 4.78 is 62.9. The number of sulfonamides is 1. The molecule has 1 aliphatic carbocycles. The standard InChI is InChI=1S/C18H29F3N6O3S/c1-26-7-9-27(10-8-26)17-24-14-5-3-2-4-13(14)16(25-17)22-6-11-31(29,30)23-12-15(28)18(19,20)21/h15,23,28H,2-12H2,1H3,(H,22,24,25). The van der Waals surface area contributed by atoms with Crippen molar-refractivity contribution in [2.45, 2.75) is 38.0 Å². The number of halogens is 3. The van der Waals surface area contributed by atoms with E-state index in [1.54, 1.807) is 4.72 Å². The summed E-state index contributed by atoms with van der Waals surface area (Å²) in [4.78, 5) is 13.7. The highest BCUT2D eigenvalue weighted by atomic mass is 32.2. The molecule has 1 aliphatic heterocycles. The van der Waals surface area contributed by atoms with Crippen LogP contribution in [0.1, 0.15) is 24.1 Å². The number of aliphatic hydroxyl groups excluding tert-OH is 1. The SMILES string of the molecule is CN1CCN(c2nc3c(c(NCCS(=O)(=O)NCC(O)C(F)(F)F)n2)CCCC3)CC1. The van der Waals surface area contributed by atoms with E-state index in [-0.39, 0.29) is 6.54 Å². The minimum absolute atomic E-state index is 0.0247. The second-order valence-corrected chi connectivity index (χ2v) is 9.87. The zero-order valence-corrected chi connectivity index (χ0v) is 18.3. The highest BCUT2D eigenvalue weighted by Crippen LogP contribution is 2.28. The Kier molecular flexibility index (Phi) is 7.60. The highest BCUT2D eigenvalue weighted by Gasteiger charge is 2.38. The first-order chi connectivity index (χ1) is 14.5. The van der Waals surface area contributed by atoms with Crippen molar-refractivity contribution in [1.29, 1.82) is 0 Å². The van der Waals surface area contributed by atoms with Gasteiger partial charge in [-0.25, -0.2) is 18.1 Å². The van der Waals surface area contributed by atoms with Gasteiger partial charge >= 0.3 is 6.18 Å². The number of anilines is 2. The Balaban J connectivity index is 1.64. The van der Waals surface area contributed by atoms with Crippen LogP contribution in [0.25, 0.3) is 0 Å². The lowest BCUT2D eigenvalue weighted by Crippen LogP contribution is -2.45. The van der Waals surface area contributed by atoms with Crippen molar-refractivity contribution in [3.63, 3.8) is 0 Å². The number of aromatic nitrogens is 2. The molecule has 0 spiro atoms. The van der Waals surface area contributed by atoms with Gasteiger partial charge in [0.2, 0.25) is 16.0 Å². The first-order valence-electron chi connectivity index (χ1n) is 10.3. The fraction of sp³-hybridized carbons (Fsp3) is 0.778. The smallest absolute Gasteiger partial charge is 0.382 e. The molecule has 1 aromatic rings. The molecule has 1 fully saturated rings. The molecule has 9 nitrogen and oxygen atoms in total. The van der Waals surface area contributed by atoms with Crippen molar-refractivity contribution in [1.82, 2.24) is 19.6 Å². The fourth-order valence-electron chi connectivity index (χ4n) is 3.57. The Bertz CT molecular complexity index is 860. The van der Waals surface area contributed by atoms with Gasteiger partial charge in [-0.05, 0) is 32.7 Å². The van der Waals surface area contributed by atoms with Gasteiger partial charge in [0.25, 0.3) is 0 Å². The van der Waals surface area contributed by atoms with Crippen LogP contribution < -0.4 is 14.9 Å². The first-order valence-corrected chi connectivity index (χ1v) is 12.0. The van der Waals surface area contributed by atoms with Crippen LogP contribution in [0.15, 0.2) is 0 Å². The van der Waals surface area contributed by atoms with Crippen LogP contribution >= 0.6 is 0 Å². The maximum absolute atomic E-state index is 12.4. The lowest BCUT2D eigenvalue weighted by atomic mass is 9.96. The second kappa shape index (κ2) is 9.84. The molecular formula is C18H29F3N6O3S. The summed E-state index contributed by atoms with van der Waals surface area (Å²) in [5.74, 6) is 0.759. The molecule has 13 heteroatoms. The summed E-state index contributed by atoms with van der Waals surface area (Å²) in [5, 5.41) is 12.0. The molecule has 0 saturated carbocycles. The molecule has 3 rings (SSSR count). The van der Waals surface area contributed by atoms with Gasteiger partial charge in [-0.1, -0.05) is 0 Å². The van der Waals surface area contributed by atoms with E-state index in [0.29, 0.717) is 11.8 Å². The topological polar surface area (TPSA) is 111 Å². The molecule has 3 N–H and O–H groups in total. The maximum atomic E-state index is 12.4. The van der Waals surface area contributed by atoms with Crippen molar-refractivity contribution < 1.29 is 26.7 Å². The second-order valence-electron chi connectivity index (χ2n) is 7.95. The number of nitrogens with one attached hydrogen (secondary N) is 2. The van der Waals surface area contributed by atoms with E-state index in [2.05, 4.69) is 27.1 Å². The van der Waals surface area contributed by atoms with Gasteiger partial charge in [-0.2, -0.15) is 18.2 Å². The van der Waals surface area contributed by atoms with Crippen LogP contribution in [0.3, 0.4) is 0 Å². The van der Waals surface area contributed by atoms with Crippen molar-refractivity contribution in [3.8, 4) is 0 Å². The molecule has 1 aromatic heterocycles. The van der Waals surface area contributed by atoms with Crippen molar-refractivity contribution >= 4 is 21.8 Å². The molecule has 0 aromatic carbocycles. The zero-order chi connectivity index (χ0) is 22.6. The number of piperazine rings is 1. The van der Waals surface area contributed by atoms with Crippen LogP contribution in [0.2, 0.25) is 0 Å². The number of hydrogen-bond donors (Lipinski definition) is 3. The molecule has 2 heterocycles. The largest absolute Gasteiger partial charge is 0.415 e. The van der Waals surface area contributed by atoms with Crippen LogP contribution in [0.4, 0.5) is 24.9 Å². The Morgan fingerprint density at radius 1 is 1.13 bits per heavy atom. The monoisotopic (exact) mass is 466 g/mol. The third kappa shape index (κ3) is 6.64. The van der Waals surface area contributed by atoms with E-state index in [1.807, 2.05) is 0 Å². The predicted molar refractivity (Wildman–Crippen MR) is 111 cm³/mol. The molecule has 1 atom stereocenters. The van der Waals surface area contributed by atoms with Crippen LogP contribution in [0, 0.1) is 0 Å². The third-order valence-electron chi connectivity index (χ3n) is 5.50. The highest BCUT2D eigenvalue weighted by molar-refractivity contribution is 7.89. The quantitative estimate of drug-likeness (QED) is 0.504. The van der Waals surface area contributed by atoms with Gasteiger partial charge in [-0.3, -0.25) is 0 Å². The van der Waals surface area contributed by atoms with Gasteiger partial charge in [0.1, 0.15) is 5.82 Å². The van der Waals surface area contributed by atoms with E-state index in [1.165, 1.54) is 0 Å². The van der Waals surface area contributed by atoms with Crippen molar-refractivity contribution in [3.05, 3.63) is 11.3 Å². The Morgan fingerprint density at radius 3 is 2.48 bits per heavy atom. The lowest BCUT2D eigenvalue weighted by Gasteiger charge is -2.33. The summed E-state index contributed by atoms with van der Waals surface area (Å²) in [7, 11) is -1.94. The van der Waals surface area contributed by atoms with Gasteiger partial charge in [0.15, 0.2) is 6.10 Å². The van der Waals surface area contributed by atoms with Crippen molar-refractivity contribution in [2.75, 3.05) is 62.3 Å². The van der Waals surface area contributed by atoms with Crippen LogP contribution in [-0.4, -0.2) is 92.7 Å². The number of rotatable bonds is 8. The van der Waals surface area contributed by atoms with Gasteiger partial charge < -0.3 is 20.2 Å². The predicted octanol–water partition coefficient (Wildman–Crippen LogP) is 0.362. The number of aliphatic hydroxyl groups is 1.